The number of nitrogens with one attached hydrogen (secondary N) is 2. The molecule has 1 aliphatic rings. The second-order valence-electron chi connectivity index (χ2n) is 8.45. The van der Waals surface area contributed by atoms with E-state index < -0.39 is 0 Å². The maximum atomic E-state index is 10.7. The van der Waals surface area contributed by atoms with E-state index >= 15 is 0 Å². The summed E-state index contributed by atoms with van der Waals surface area (Å²) in [5.74, 6) is 2.24. The van der Waals surface area contributed by atoms with E-state index in [1.54, 1.807) is 27.4 Å². The summed E-state index contributed by atoms with van der Waals surface area (Å²) in [4.78, 5) is 0. The number of hydrazine groups is 1. The van der Waals surface area contributed by atoms with Crippen molar-refractivity contribution in [1.82, 2.24) is 10.4 Å². The van der Waals surface area contributed by atoms with Crippen LogP contribution in [0.3, 0.4) is 0 Å². The van der Waals surface area contributed by atoms with Crippen molar-refractivity contribution in [2.24, 2.45) is 0 Å². The summed E-state index contributed by atoms with van der Waals surface area (Å²) >= 11 is 5.86. The van der Waals surface area contributed by atoms with Gasteiger partial charge < -0.3 is 24.6 Å². The van der Waals surface area contributed by atoms with Crippen LogP contribution < -0.4 is 25.0 Å². The molecule has 0 radical (unpaired) electrons. The van der Waals surface area contributed by atoms with E-state index in [1.165, 1.54) is 0 Å². The van der Waals surface area contributed by atoms with E-state index in [2.05, 4.69) is 22.9 Å². The summed E-state index contributed by atoms with van der Waals surface area (Å²) < 4.78 is 16.1. The number of hydrogen-bond acceptors (Lipinski definition) is 6. The normalized spacial score (nSPS) is 14.6. The quantitative estimate of drug-likeness (QED) is 0.277. The monoisotopic (exact) mass is 513 g/mol. The van der Waals surface area contributed by atoms with Crippen LogP contribution in [0.15, 0.2) is 84.9 Å². The Kier molecular flexibility index (Phi) is 6.74. The molecule has 37 heavy (non-hydrogen) atoms. The van der Waals surface area contributed by atoms with Crippen LogP contribution >= 0.6 is 12.2 Å². The number of anilines is 1. The average Bonchev–Trinajstić information content (AvgIpc) is 3.37. The number of benzene rings is 4. The van der Waals surface area contributed by atoms with Crippen LogP contribution in [0.4, 0.5) is 5.69 Å². The SMILES string of the molecule is COc1ccc(NC(=S)N2NC(c3ccc(OC)cc3O)=CC2c2ccc(OC)c3ccccc23)cc1. The first kappa shape index (κ1) is 24.3. The summed E-state index contributed by atoms with van der Waals surface area (Å²) in [7, 11) is 4.87. The molecule has 4 aromatic carbocycles. The second kappa shape index (κ2) is 10.3. The van der Waals surface area contributed by atoms with E-state index in [1.807, 2.05) is 71.7 Å². The highest BCUT2D eigenvalue weighted by Crippen LogP contribution is 2.40. The number of rotatable bonds is 6. The van der Waals surface area contributed by atoms with Crippen molar-refractivity contribution >= 4 is 39.5 Å². The Morgan fingerprint density at radius 1 is 0.865 bits per heavy atom. The molecule has 3 N–H and O–H groups in total. The number of aromatic hydroxyl groups is 1. The third-order valence-corrected chi connectivity index (χ3v) is 6.65. The van der Waals surface area contributed by atoms with Crippen molar-refractivity contribution < 1.29 is 19.3 Å². The fourth-order valence-corrected chi connectivity index (χ4v) is 4.76. The molecule has 0 aromatic heterocycles. The molecule has 0 saturated carbocycles. The van der Waals surface area contributed by atoms with Crippen molar-refractivity contribution in [1.29, 1.82) is 0 Å². The van der Waals surface area contributed by atoms with Crippen LogP contribution in [0.25, 0.3) is 16.5 Å². The van der Waals surface area contributed by atoms with Gasteiger partial charge in [0.05, 0.1) is 33.1 Å². The maximum Gasteiger partial charge on any atom is 0.193 e. The molecule has 0 spiro atoms. The van der Waals surface area contributed by atoms with Gasteiger partial charge in [0, 0.05) is 22.7 Å². The summed E-state index contributed by atoms with van der Waals surface area (Å²) in [6, 6.07) is 24.6. The molecule has 0 fully saturated rings. The zero-order valence-corrected chi connectivity index (χ0v) is 21.5. The molecule has 7 nitrogen and oxygen atoms in total. The summed E-state index contributed by atoms with van der Waals surface area (Å²) in [6.45, 7) is 0. The number of ether oxygens (including phenoxy) is 3. The Hall–Kier alpha value is -4.43. The number of hydrogen-bond donors (Lipinski definition) is 3. The van der Waals surface area contributed by atoms with Crippen LogP contribution in [-0.4, -0.2) is 36.6 Å². The molecule has 1 heterocycles. The van der Waals surface area contributed by atoms with Gasteiger partial charge in [0.15, 0.2) is 5.11 Å². The van der Waals surface area contributed by atoms with Gasteiger partial charge in [-0.3, -0.25) is 10.4 Å². The van der Waals surface area contributed by atoms with Crippen LogP contribution in [0.5, 0.6) is 23.0 Å². The third kappa shape index (κ3) is 4.71. The topological polar surface area (TPSA) is 75.2 Å². The Labute approximate surface area is 220 Å². The number of thiocarbonyl (C=S) groups is 1. The first-order valence-corrected chi connectivity index (χ1v) is 12.1. The van der Waals surface area contributed by atoms with E-state index in [-0.39, 0.29) is 11.8 Å². The molecule has 0 saturated heterocycles. The third-order valence-electron chi connectivity index (χ3n) is 6.36. The molecule has 188 valence electrons. The smallest absolute Gasteiger partial charge is 0.193 e. The number of fused-ring (bicyclic) bond motifs is 1. The molecule has 8 heteroatoms. The van der Waals surface area contributed by atoms with Crippen molar-refractivity contribution in [3.63, 3.8) is 0 Å². The van der Waals surface area contributed by atoms with Crippen molar-refractivity contribution in [2.75, 3.05) is 26.6 Å². The van der Waals surface area contributed by atoms with Gasteiger partial charge in [0.2, 0.25) is 0 Å². The Morgan fingerprint density at radius 2 is 1.57 bits per heavy atom. The average molecular weight is 514 g/mol. The molecule has 0 amide bonds. The van der Waals surface area contributed by atoms with E-state index in [0.717, 1.165) is 39.2 Å². The molecule has 0 aliphatic carbocycles. The number of phenolic OH excluding ortho intramolecular Hbond substituents is 1. The van der Waals surface area contributed by atoms with Crippen molar-refractivity contribution in [3.8, 4) is 23.0 Å². The van der Waals surface area contributed by atoms with Crippen LogP contribution in [-0.2, 0) is 0 Å². The highest BCUT2D eigenvalue weighted by Gasteiger charge is 2.31. The number of methoxy groups -OCH3 is 3. The number of phenols is 1. The Bertz CT molecular complexity index is 1490. The molecule has 5 rings (SSSR count). The highest BCUT2D eigenvalue weighted by atomic mass is 32.1. The largest absolute Gasteiger partial charge is 0.507 e. The molecule has 1 aliphatic heterocycles. The summed E-state index contributed by atoms with van der Waals surface area (Å²) in [5.41, 5.74) is 6.63. The minimum Gasteiger partial charge on any atom is -0.507 e. The first-order chi connectivity index (χ1) is 18.0. The molecular weight excluding hydrogens is 486 g/mol. The van der Waals surface area contributed by atoms with Gasteiger partial charge in [0.1, 0.15) is 23.0 Å². The fourth-order valence-electron chi connectivity index (χ4n) is 4.48. The minimum atomic E-state index is -0.273. The lowest BCUT2D eigenvalue weighted by molar-refractivity contribution is 0.348. The number of nitrogens with zero attached hydrogens (tertiary/aromatic N) is 1. The van der Waals surface area contributed by atoms with Gasteiger partial charge in [-0.25, -0.2) is 0 Å². The molecule has 1 unspecified atom stereocenters. The van der Waals surface area contributed by atoms with Crippen molar-refractivity contribution in [3.05, 3.63) is 96.1 Å². The van der Waals surface area contributed by atoms with Gasteiger partial charge in [-0.05, 0) is 71.7 Å². The summed E-state index contributed by atoms with van der Waals surface area (Å²) in [6.07, 6.45) is 2.05. The lowest BCUT2D eigenvalue weighted by atomic mass is 9.97. The van der Waals surface area contributed by atoms with Crippen LogP contribution in [0.1, 0.15) is 17.2 Å². The Balaban J connectivity index is 1.56. The lowest BCUT2D eigenvalue weighted by Gasteiger charge is -2.29. The molecule has 0 bridgehead atoms. The lowest BCUT2D eigenvalue weighted by Crippen LogP contribution is -2.42. The standard InChI is InChI=1S/C29H27N3O4S/c1-34-19-10-8-18(9-11-19)30-29(37)32-26(17-25(31-32)24-13-12-20(35-2)16-27(24)33)22-14-15-28(36-3)23-7-5-4-6-21(22)23/h4-17,26,31,33H,1-3H3,(H,30,37). The zero-order valence-electron chi connectivity index (χ0n) is 20.7. The molecule has 1 atom stereocenters. The fraction of sp³-hybridized carbons (Fsp3) is 0.138. The van der Waals surface area contributed by atoms with Crippen LogP contribution in [0.2, 0.25) is 0 Å². The van der Waals surface area contributed by atoms with E-state index in [9.17, 15) is 5.11 Å². The van der Waals surface area contributed by atoms with Gasteiger partial charge in [-0.2, -0.15) is 0 Å². The predicted octanol–water partition coefficient (Wildman–Crippen LogP) is 5.87. The first-order valence-electron chi connectivity index (χ1n) is 11.7. The zero-order chi connectivity index (χ0) is 25.9. The van der Waals surface area contributed by atoms with Gasteiger partial charge in [-0.15, -0.1) is 0 Å². The molecule has 4 aromatic rings. The summed E-state index contributed by atoms with van der Waals surface area (Å²) in [5, 5.41) is 18.4. The van der Waals surface area contributed by atoms with E-state index in [0.29, 0.717) is 16.4 Å². The van der Waals surface area contributed by atoms with Crippen molar-refractivity contribution in [2.45, 2.75) is 6.04 Å². The highest BCUT2D eigenvalue weighted by molar-refractivity contribution is 7.80. The minimum absolute atomic E-state index is 0.104. The molecular formula is C29H27N3O4S. The Morgan fingerprint density at radius 3 is 2.24 bits per heavy atom. The second-order valence-corrected chi connectivity index (χ2v) is 8.84. The van der Waals surface area contributed by atoms with Crippen LogP contribution in [0, 0.1) is 0 Å². The predicted molar refractivity (Wildman–Crippen MR) is 150 cm³/mol. The van der Waals surface area contributed by atoms with E-state index in [4.69, 9.17) is 26.4 Å². The van der Waals surface area contributed by atoms with Gasteiger partial charge in [0.25, 0.3) is 0 Å². The van der Waals surface area contributed by atoms with Gasteiger partial charge in [-0.1, -0.05) is 30.3 Å². The van der Waals surface area contributed by atoms with Gasteiger partial charge >= 0.3 is 0 Å². The maximum absolute atomic E-state index is 10.7.